The smallest absolute Gasteiger partial charge is 0.258 e. The number of nitrogens with one attached hydrogen (secondary N) is 1. The summed E-state index contributed by atoms with van der Waals surface area (Å²) < 4.78 is 5.51. The van der Waals surface area contributed by atoms with Crippen LogP contribution in [-0.2, 0) is 17.9 Å². The van der Waals surface area contributed by atoms with E-state index in [2.05, 4.69) is 5.32 Å². The molecule has 0 aliphatic heterocycles. The highest BCUT2D eigenvalue weighted by Gasteiger charge is 2.24. The average Bonchev–Trinajstić information content (AvgIpc) is 3.40. The van der Waals surface area contributed by atoms with Crippen LogP contribution in [0.2, 0.25) is 10.0 Å². The summed E-state index contributed by atoms with van der Waals surface area (Å²) in [6, 6.07) is 22.2. The maximum atomic E-state index is 13.6. The van der Waals surface area contributed by atoms with Gasteiger partial charge >= 0.3 is 0 Å². The maximum absolute atomic E-state index is 13.6. The fourth-order valence-corrected chi connectivity index (χ4v) is 4.46. The lowest BCUT2D eigenvalue weighted by Gasteiger charge is -2.27. The van der Waals surface area contributed by atoms with Crippen molar-refractivity contribution in [2.24, 2.45) is 0 Å². The van der Waals surface area contributed by atoms with Crippen molar-refractivity contribution in [3.05, 3.63) is 118 Å². The normalized spacial score (nSPS) is 10.6. The number of anilines is 2. The van der Waals surface area contributed by atoms with Crippen LogP contribution >= 0.6 is 23.2 Å². The number of halogens is 2. The summed E-state index contributed by atoms with van der Waals surface area (Å²) in [6.45, 7) is 1.71. The Morgan fingerprint density at radius 3 is 2.37 bits per heavy atom. The summed E-state index contributed by atoms with van der Waals surface area (Å²) in [7, 11) is 1.65. The van der Waals surface area contributed by atoms with Crippen molar-refractivity contribution >= 4 is 52.3 Å². The number of nitrogens with zero attached hydrogens (tertiary/aromatic N) is 2. The van der Waals surface area contributed by atoms with Gasteiger partial charge in [-0.25, -0.2) is 0 Å². The van der Waals surface area contributed by atoms with E-state index < -0.39 is 0 Å². The molecule has 194 valence electrons. The molecule has 0 aliphatic carbocycles. The zero-order valence-corrected chi connectivity index (χ0v) is 22.3. The van der Waals surface area contributed by atoms with Gasteiger partial charge in [0, 0.05) is 42.5 Å². The minimum atomic E-state index is -0.296. The number of carbonyl (C=O) groups is 3. The van der Waals surface area contributed by atoms with Gasteiger partial charge < -0.3 is 19.5 Å². The van der Waals surface area contributed by atoms with Crippen molar-refractivity contribution in [1.29, 1.82) is 0 Å². The molecule has 0 fully saturated rings. The summed E-state index contributed by atoms with van der Waals surface area (Å²) in [4.78, 5) is 41.6. The molecule has 1 heterocycles. The second-order valence-corrected chi connectivity index (χ2v) is 9.46. The lowest BCUT2D eigenvalue weighted by molar-refractivity contribution is -0.114. The van der Waals surface area contributed by atoms with Crippen molar-refractivity contribution in [2.75, 3.05) is 17.3 Å². The molecule has 1 N–H and O–H groups in total. The van der Waals surface area contributed by atoms with Gasteiger partial charge in [0.15, 0.2) is 0 Å². The Kier molecular flexibility index (Phi) is 8.51. The molecular formula is C29H25Cl2N3O4. The second-order valence-electron chi connectivity index (χ2n) is 8.62. The molecule has 7 nitrogen and oxygen atoms in total. The first kappa shape index (κ1) is 27.0. The van der Waals surface area contributed by atoms with Crippen LogP contribution in [0.1, 0.15) is 39.0 Å². The zero-order chi connectivity index (χ0) is 27.2. The minimum Gasteiger partial charge on any atom is -0.467 e. The second kappa shape index (κ2) is 12.0. The van der Waals surface area contributed by atoms with Gasteiger partial charge in [-0.15, -0.1) is 0 Å². The van der Waals surface area contributed by atoms with E-state index in [0.29, 0.717) is 43.9 Å². The van der Waals surface area contributed by atoms with Crippen LogP contribution in [0, 0.1) is 0 Å². The van der Waals surface area contributed by atoms with Crippen molar-refractivity contribution in [3.8, 4) is 0 Å². The molecule has 0 spiro atoms. The molecule has 3 aromatic carbocycles. The first-order valence-electron chi connectivity index (χ1n) is 11.7. The number of hydrogen-bond donors (Lipinski definition) is 1. The summed E-state index contributed by atoms with van der Waals surface area (Å²) >= 11 is 12.7. The molecule has 0 saturated carbocycles. The fraction of sp³-hybridized carbons (Fsp3) is 0.138. The van der Waals surface area contributed by atoms with Gasteiger partial charge in [-0.2, -0.15) is 0 Å². The van der Waals surface area contributed by atoms with E-state index in [1.165, 1.54) is 11.8 Å². The first-order chi connectivity index (χ1) is 18.2. The molecule has 0 radical (unpaired) electrons. The van der Waals surface area contributed by atoms with Crippen molar-refractivity contribution in [3.63, 3.8) is 0 Å². The SMILES string of the molecule is CC(=O)Nc1cccc(C(=O)N(C)c2ccc(Cl)cc2CN(Cc2ccco2)C(=O)c2ccccc2Cl)c1. The third-order valence-electron chi connectivity index (χ3n) is 5.82. The molecule has 0 unspecified atom stereocenters. The number of amides is 3. The third kappa shape index (κ3) is 6.43. The molecule has 0 bridgehead atoms. The molecule has 4 rings (SSSR count). The van der Waals surface area contributed by atoms with E-state index in [1.54, 1.807) is 97.1 Å². The van der Waals surface area contributed by atoms with Crippen LogP contribution in [-0.4, -0.2) is 29.7 Å². The lowest BCUT2D eigenvalue weighted by atomic mass is 10.1. The van der Waals surface area contributed by atoms with Gasteiger partial charge in [-0.05, 0) is 66.2 Å². The first-order valence-corrected chi connectivity index (χ1v) is 12.5. The molecule has 0 atom stereocenters. The van der Waals surface area contributed by atoms with Crippen LogP contribution in [0.15, 0.2) is 89.5 Å². The van der Waals surface area contributed by atoms with E-state index in [1.807, 2.05) is 0 Å². The Labute approximate surface area is 230 Å². The van der Waals surface area contributed by atoms with Crippen molar-refractivity contribution in [2.45, 2.75) is 20.0 Å². The van der Waals surface area contributed by atoms with Gasteiger partial charge in [0.2, 0.25) is 5.91 Å². The standard InChI is InChI=1S/C29H25Cl2N3O4/c1-19(35)32-23-8-5-7-20(16-23)28(36)33(2)27-13-12-22(30)15-21(27)17-34(18-24-9-6-14-38-24)29(37)25-10-3-4-11-26(25)31/h3-16H,17-18H2,1-2H3,(H,32,35). The Bertz CT molecular complexity index is 1470. The van der Waals surface area contributed by atoms with E-state index >= 15 is 0 Å². The van der Waals surface area contributed by atoms with E-state index in [-0.39, 0.29) is 30.8 Å². The molecule has 4 aromatic rings. The lowest BCUT2D eigenvalue weighted by Crippen LogP contribution is -2.32. The van der Waals surface area contributed by atoms with Crippen molar-refractivity contribution < 1.29 is 18.8 Å². The van der Waals surface area contributed by atoms with Crippen LogP contribution in [0.3, 0.4) is 0 Å². The number of benzene rings is 3. The van der Waals surface area contributed by atoms with Gasteiger partial charge in [-0.1, -0.05) is 41.4 Å². The van der Waals surface area contributed by atoms with E-state index in [9.17, 15) is 14.4 Å². The number of rotatable bonds is 8. The van der Waals surface area contributed by atoms with Crippen LogP contribution in [0.25, 0.3) is 0 Å². The maximum Gasteiger partial charge on any atom is 0.258 e. The fourth-order valence-electron chi connectivity index (χ4n) is 4.05. The number of carbonyl (C=O) groups excluding carboxylic acids is 3. The van der Waals surface area contributed by atoms with Crippen LogP contribution in [0.4, 0.5) is 11.4 Å². The van der Waals surface area contributed by atoms with Gasteiger partial charge in [0.1, 0.15) is 5.76 Å². The van der Waals surface area contributed by atoms with E-state index in [0.717, 1.165) is 0 Å². The quantitative estimate of drug-likeness (QED) is 0.266. The minimum absolute atomic E-state index is 0.129. The summed E-state index contributed by atoms with van der Waals surface area (Å²) in [5, 5.41) is 3.48. The highest BCUT2D eigenvalue weighted by molar-refractivity contribution is 6.33. The Morgan fingerprint density at radius 2 is 1.66 bits per heavy atom. The van der Waals surface area contributed by atoms with Crippen LogP contribution in [0.5, 0.6) is 0 Å². The van der Waals surface area contributed by atoms with Crippen LogP contribution < -0.4 is 10.2 Å². The number of furan rings is 1. The van der Waals surface area contributed by atoms with Gasteiger partial charge in [0.05, 0.1) is 23.4 Å². The highest BCUT2D eigenvalue weighted by atomic mass is 35.5. The summed E-state index contributed by atoms with van der Waals surface area (Å²) in [5.41, 5.74) is 2.48. The average molecular weight is 550 g/mol. The Morgan fingerprint density at radius 1 is 0.868 bits per heavy atom. The molecule has 9 heteroatoms. The molecule has 38 heavy (non-hydrogen) atoms. The zero-order valence-electron chi connectivity index (χ0n) is 20.8. The summed E-state index contributed by atoms with van der Waals surface area (Å²) in [5.74, 6) is -0.235. The predicted molar refractivity (Wildman–Crippen MR) is 149 cm³/mol. The Hall–Kier alpha value is -4.07. The molecule has 0 saturated heterocycles. The third-order valence-corrected chi connectivity index (χ3v) is 6.38. The van der Waals surface area contributed by atoms with Gasteiger partial charge in [0.25, 0.3) is 11.8 Å². The van der Waals surface area contributed by atoms with E-state index in [4.69, 9.17) is 27.6 Å². The highest BCUT2D eigenvalue weighted by Crippen LogP contribution is 2.29. The molecule has 3 amide bonds. The summed E-state index contributed by atoms with van der Waals surface area (Å²) in [6.07, 6.45) is 1.54. The molecule has 0 aliphatic rings. The number of hydrogen-bond acceptors (Lipinski definition) is 4. The predicted octanol–water partition coefficient (Wildman–Crippen LogP) is 6.66. The topological polar surface area (TPSA) is 82.9 Å². The largest absolute Gasteiger partial charge is 0.467 e. The monoisotopic (exact) mass is 549 g/mol. The van der Waals surface area contributed by atoms with Crippen molar-refractivity contribution in [1.82, 2.24) is 4.90 Å². The Balaban J connectivity index is 1.67. The van der Waals surface area contributed by atoms with Gasteiger partial charge in [-0.3, -0.25) is 14.4 Å². The molecular weight excluding hydrogens is 525 g/mol. The molecule has 1 aromatic heterocycles.